The number of carboxylic acids is 1. The second-order valence-electron chi connectivity index (χ2n) is 4.74. The summed E-state index contributed by atoms with van der Waals surface area (Å²) in [5.74, 6) is -0.595. The molecule has 96 valence electrons. The Kier molecular flexibility index (Phi) is 3.65. The molecule has 1 aliphatic rings. The van der Waals surface area contributed by atoms with Crippen LogP contribution in [-0.2, 0) is 9.59 Å². The summed E-state index contributed by atoms with van der Waals surface area (Å²) in [6.45, 7) is 2.26. The number of amides is 1. The first-order valence-corrected chi connectivity index (χ1v) is 6.14. The molecule has 0 unspecified atom stereocenters. The lowest BCUT2D eigenvalue weighted by atomic mass is 10.0. The van der Waals surface area contributed by atoms with E-state index in [2.05, 4.69) is 11.4 Å². The average molecular weight is 247 g/mol. The number of nitrogens with one attached hydrogen (secondary N) is 1. The van der Waals surface area contributed by atoms with E-state index < -0.39 is 5.97 Å². The van der Waals surface area contributed by atoms with Gasteiger partial charge >= 0.3 is 5.97 Å². The zero-order valence-corrected chi connectivity index (χ0v) is 10.3. The highest BCUT2D eigenvalue weighted by Crippen LogP contribution is 2.48. The number of carboxylic acid groups (broad SMARTS) is 1. The Morgan fingerprint density at radius 3 is 2.78 bits per heavy atom. The van der Waals surface area contributed by atoms with Crippen molar-refractivity contribution in [2.45, 2.75) is 25.7 Å². The van der Waals surface area contributed by atoms with Gasteiger partial charge in [-0.15, -0.1) is 0 Å². The topological polar surface area (TPSA) is 66.4 Å². The zero-order valence-electron chi connectivity index (χ0n) is 10.3. The van der Waals surface area contributed by atoms with Gasteiger partial charge in [-0.1, -0.05) is 24.3 Å². The van der Waals surface area contributed by atoms with Crippen LogP contribution in [0.15, 0.2) is 24.3 Å². The van der Waals surface area contributed by atoms with Crippen LogP contribution in [-0.4, -0.2) is 23.5 Å². The fraction of sp³-hybridized carbons (Fsp3) is 0.429. The molecule has 2 atom stereocenters. The van der Waals surface area contributed by atoms with Crippen molar-refractivity contribution < 1.29 is 14.7 Å². The lowest BCUT2D eigenvalue weighted by Crippen LogP contribution is -2.27. The van der Waals surface area contributed by atoms with Crippen molar-refractivity contribution in [3.8, 4) is 0 Å². The van der Waals surface area contributed by atoms with E-state index in [0.717, 1.165) is 6.42 Å². The standard InChI is InChI=1S/C14H17NO3/c1-9-4-2-3-5-10(9)11-8-12(11)14(18)15-7-6-13(16)17/h2-5,11-12H,6-8H2,1H3,(H,15,18)(H,16,17)/t11-,12-/m1/s1. The van der Waals surface area contributed by atoms with Crippen LogP contribution in [0, 0.1) is 12.8 Å². The molecular formula is C14H17NO3. The highest BCUT2D eigenvalue weighted by atomic mass is 16.4. The van der Waals surface area contributed by atoms with Gasteiger partial charge in [-0.2, -0.15) is 0 Å². The number of carbonyl (C=O) groups is 2. The molecule has 0 radical (unpaired) electrons. The first-order chi connectivity index (χ1) is 8.59. The normalized spacial score (nSPS) is 21.4. The summed E-state index contributed by atoms with van der Waals surface area (Å²) in [7, 11) is 0. The maximum absolute atomic E-state index is 11.8. The molecule has 1 amide bonds. The van der Waals surface area contributed by atoms with Crippen LogP contribution in [0.5, 0.6) is 0 Å². The van der Waals surface area contributed by atoms with Gasteiger partial charge in [0.1, 0.15) is 0 Å². The van der Waals surface area contributed by atoms with E-state index in [-0.39, 0.29) is 24.8 Å². The third-order valence-electron chi connectivity index (χ3n) is 3.35. The molecular weight excluding hydrogens is 230 g/mol. The van der Waals surface area contributed by atoms with Crippen LogP contribution in [0.2, 0.25) is 0 Å². The summed E-state index contributed by atoms with van der Waals surface area (Å²) >= 11 is 0. The number of rotatable bonds is 5. The molecule has 1 aliphatic carbocycles. The van der Waals surface area contributed by atoms with Crippen LogP contribution in [0.1, 0.15) is 29.9 Å². The second kappa shape index (κ2) is 5.21. The maximum Gasteiger partial charge on any atom is 0.305 e. The van der Waals surface area contributed by atoms with Crippen molar-refractivity contribution >= 4 is 11.9 Å². The van der Waals surface area contributed by atoms with Crippen LogP contribution < -0.4 is 5.32 Å². The van der Waals surface area contributed by atoms with Crippen molar-refractivity contribution in [1.82, 2.24) is 5.32 Å². The summed E-state index contributed by atoms with van der Waals surface area (Å²) in [5.41, 5.74) is 2.44. The minimum absolute atomic E-state index is 0.0138. The van der Waals surface area contributed by atoms with Crippen LogP contribution >= 0.6 is 0 Å². The van der Waals surface area contributed by atoms with Gasteiger partial charge in [-0.05, 0) is 30.4 Å². The Morgan fingerprint density at radius 1 is 1.39 bits per heavy atom. The predicted molar refractivity (Wildman–Crippen MR) is 67.3 cm³/mol. The molecule has 4 nitrogen and oxygen atoms in total. The van der Waals surface area contributed by atoms with Gasteiger partial charge in [-0.3, -0.25) is 9.59 Å². The molecule has 1 saturated carbocycles. The number of aryl methyl sites for hydroxylation is 1. The van der Waals surface area contributed by atoms with Crippen molar-refractivity contribution in [2.24, 2.45) is 5.92 Å². The molecule has 0 aliphatic heterocycles. The number of aliphatic carboxylic acids is 1. The van der Waals surface area contributed by atoms with Crippen molar-refractivity contribution in [1.29, 1.82) is 0 Å². The first kappa shape index (κ1) is 12.6. The molecule has 1 aromatic rings. The van der Waals surface area contributed by atoms with E-state index in [1.165, 1.54) is 11.1 Å². The minimum atomic E-state index is -0.887. The largest absolute Gasteiger partial charge is 0.481 e. The van der Waals surface area contributed by atoms with E-state index in [0.29, 0.717) is 5.92 Å². The smallest absolute Gasteiger partial charge is 0.305 e. The highest BCUT2D eigenvalue weighted by molar-refractivity contribution is 5.83. The molecule has 0 spiro atoms. The molecule has 2 N–H and O–H groups in total. The van der Waals surface area contributed by atoms with Gasteiger partial charge in [-0.25, -0.2) is 0 Å². The summed E-state index contributed by atoms with van der Waals surface area (Å²) in [5, 5.41) is 11.2. The fourth-order valence-corrected chi connectivity index (χ4v) is 2.26. The Morgan fingerprint density at radius 2 is 2.11 bits per heavy atom. The third kappa shape index (κ3) is 2.88. The lowest BCUT2D eigenvalue weighted by Gasteiger charge is -2.05. The quantitative estimate of drug-likeness (QED) is 0.832. The second-order valence-corrected chi connectivity index (χ2v) is 4.74. The van der Waals surface area contributed by atoms with Crippen LogP contribution in [0.3, 0.4) is 0 Å². The number of carbonyl (C=O) groups excluding carboxylic acids is 1. The Bertz CT molecular complexity index is 470. The van der Waals surface area contributed by atoms with E-state index in [1.807, 2.05) is 25.1 Å². The van der Waals surface area contributed by atoms with E-state index in [4.69, 9.17) is 5.11 Å². The first-order valence-electron chi connectivity index (χ1n) is 6.14. The van der Waals surface area contributed by atoms with E-state index >= 15 is 0 Å². The monoisotopic (exact) mass is 247 g/mol. The number of benzene rings is 1. The molecule has 4 heteroatoms. The van der Waals surface area contributed by atoms with Crippen molar-refractivity contribution in [3.63, 3.8) is 0 Å². The molecule has 18 heavy (non-hydrogen) atoms. The molecule has 0 bridgehead atoms. The predicted octanol–water partition coefficient (Wildman–Crippen LogP) is 1.69. The van der Waals surface area contributed by atoms with Gasteiger partial charge in [0.25, 0.3) is 0 Å². The third-order valence-corrected chi connectivity index (χ3v) is 3.35. The number of hydrogen-bond donors (Lipinski definition) is 2. The van der Waals surface area contributed by atoms with Gasteiger partial charge in [0, 0.05) is 12.5 Å². The summed E-state index contributed by atoms with van der Waals surface area (Å²) < 4.78 is 0. The highest BCUT2D eigenvalue weighted by Gasteiger charge is 2.44. The van der Waals surface area contributed by atoms with Crippen LogP contribution in [0.4, 0.5) is 0 Å². The van der Waals surface area contributed by atoms with Gasteiger partial charge in [0.15, 0.2) is 0 Å². The molecule has 1 aromatic carbocycles. The molecule has 0 heterocycles. The lowest BCUT2D eigenvalue weighted by molar-refractivity contribution is -0.136. The van der Waals surface area contributed by atoms with Crippen molar-refractivity contribution in [3.05, 3.63) is 35.4 Å². The Labute approximate surface area is 106 Å². The summed E-state index contributed by atoms with van der Waals surface area (Å²) in [6, 6.07) is 8.08. The Balaban J connectivity index is 1.86. The van der Waals surface area contributed by atoms with Crippen LogP contribution in [0.25, 0.3) is 0 Å². The fourth-order valence-electron chi connectivity index (χ4n) is 2.26. The minimum Gasteiger partial charge on any atom is -0.481 e. The summed E-state index contributed by atoms with van der Waals surface area (Å²) in [4.78, 5) is 22.1. The number of hydrogen-bond acceptors (Lipinski definition) is 2. The average Bonchev–Trinajstić information content (AvgIpc) is 3.09. The maximum atomic E-state index is 11.8. The molecule has 1 fully saturated rings. The SMILES string of the molecule is Cc1ccccc1[C@H]1C[C@H]1C(=O)NCCC(=O)O. The Hall–Kier alpha value is -1.84. The van der Waals surface area contributed by atoms with Gasteiger partial charge in [0.05, 0.1) is 6.42 Å². The van der Waals surface area contributed by atoms with Gasteiger partial charge < -0.3 is 10.4 Å². The summed E-state index contributed by atoms with van der Waals surface area (Å²) in [6.07, 6.45) is 0.844. The van der Waals surface area contributed by atoms with Crippen molar-refractivity contribution in [2.75, 3.05) is 6.54 Å². The molecule has 0 aromatic heterocycles. The molecule has 0 saturated heterocycles. The van der Waals surface area contributed by atoms with E-state index in [9.17, 15) is 9.59 Å². The van der Waals surface area contributed by atoms with Gasteiger partial charge in [0.2, 0.25) is 5.91 Å². The molecule has 2 rings (SSSR count). The van der Waals surface area contributed by atoms with E-state index in [1.54, 1.807) is 0 Å². The zero-order chi connectivity index (χ0) is 13.1.